The van der Waals surface area contributed by atoms with Crippen molar-refractivity contribution in [1.82, 2.24) is 0 Å². The minimum atomic E-state index is -3.20. The molecule has 0 saturated carbocycles. The highest BCUT2D eigenvalue weighted by Gasteiger charge is 2.49. The van der Waals surface area contributed by atoms with Crippen LogP contribution in [0, 0.1) is 0 Å². The van der Waals surface area contributed by atoms with Gasteiger partial charge in [0.1, 0.15) is 0 Å². The highest BCUT2D eigenvalue weighted by atomic mass is 35.5. The molecule has 1 N–H and O–H groups in total. The fourth-order valence-corrected chi connectivity index (χ4v) is 7.19. The Morgan fingerprint density at radius 3 is 2.69 bits per heavy atom. The lowest BCUT2D eigenvalue weighted by molar-refractivity contribution is -0.138. The molecule has 0 aromatic heterocycles. The maximum absolute atomic E-state index is 12.0. The van der Waals surface area contributed by atoms with Gasteiger partial charge < -0.3 is 10.0 Å². The van der Waals surface area contributed by atoms with E-state index in [-0.39, 0.29) is 29.6 Å². The van der Waals surface area contributed by atoms with E-state index in [1.807, 2.05) is 0 Å². The van der Waals surface area contributed by atoms with Crippen LogP contribution in [0.2, 0.25) is 10.0 Å². The number of carboxylic acids is 1. The maximum Gasteiger partial charge on any atom is 0.303 e. The van der Waals surface area contributed by atoms with Gasteiger partial charge in [0.15, 0.2) is 15.0 Å². The number of benzene rings is 1. The number of nitrogens with zero attached hydrogens (tertiary/aromatic N) is 2. The monoisotopic (exact) mass is 436 g/mol. The van der Waals surface area contributed by atoms with Crippen LogP contribution < -0.4 is 4.90 Å². The smallest absolute Gasteiger partial charge is 0.303 e. The molecule has 1 aromatic carbocycles. The van der Waals surface area contributed by atoms with Crippen molar-refractivity contribution in [2.24, 2.45) is 4.99 Å². The van der Waals surface area contributed by atoms with E-state index in [0.717, 1.165) is 0 Å². The summed E-state index contributed by atoms with van der Waals surface area (Å²) >= 11 is 13.5. The Balaban J connectivity index is 1.97. The molecule has 0 unspecified atom stereocenters. The number of carbonyl (C=O) groups is 2. The Labute approximate surface area is 164 Å². The Kier molecular flexibility index (Phi) is 5.53. The van der Waals surface area contributed by atoms with Crippen molar-refractivity contribution in [3.05, 3.63) is 28.2 Å². The minimum absolute atomic E-state index is 0.0145. The quantitative estimate of drug-likeness (QED) is 0.772. The lowest BCUT2D eigenvalue weighted by Crippen LogP contribution is -2.38. The first-order valence-corrected chi connectivity index (χ1v) is 11.1. The van der Waals surface area contributed by atoms with E-state index in [2.05, 4.69) is 4.99 Å². The van der Waals surface area contributed by atoms with Gasteiger partial charge in [0.05, 0.1) is 34.7 Å². The number of fused-ring (bicyclic) bond motifs is 1. The van der Waals surface area contributed by atoms with Gasteiger partial charge in [0.25, 0.3) is 0 Å². The second-order valence-corrected chi connectivity index (χ2v) is 10.2. The Morgan fingerprint density at radius 2 is 2.00 bits per heavy atom. The summed E-state index contributed by atoms with van der Waals surface area (Å²) in [5.74, 6) is -1.76. The first kappa shape index (κ1) is 19.5. The molecule has 2 heterocycles. The summed E-state index contributed by atoms with van der Waals surface area (Å²) in [6, 6.07) is 4.38. The maximum atomic E-state index is 12.0. The van der Waals surface area contributed by atoms with Gasteiger partial charge in [0, 0.05) is 16.7 Å². The Bertz CT molecular complexity index is 903. The first-order valence-electron chi connectivity index (χ1n) is 7.61. The molecular formula is C15H14Cl2N2O5S2. The lowest BCUT2D eigenvalue weighted by Gasteiger charge is -2.25. The van der Waals surface area contributed by atoms with Gasteiger partial charge in [-0.05, 0) is 18.2 Å². The third kappa shape index (κ3) is 4.16. The van der Waals surface area contributed by atoms with Crippen LogP contribution in [0.5, 0.6) is 0 Å². The molecule has 1 amide bonds. The number of amidine groups is 1. The molecular weight excluding hydrogens is 423 g/mol. The van der Waals surface area contributed by atoms with Crippen LogP contribution in [0.1, 0.15) is 12.8 Å². The number of aliphatic carboxylic acids is 1. The molecule has 140 valence electrons. The van der Waals surface area contributed by atoms with Crippen LogP contribution in [-0.2, 0) is 19.4 Å². The Hall–Kier alpha value is -1.29. The molecule has 2 aliphatic rings. The van der Waals surface area contributed by atoms with Crippen LogP contribution in [0.4, 0.5) is 5.69 Å². The highest BCUT2D eigenvalue weighted by molar-refractivity contribution is 8.16. The molecule has 2 atom stereocenters. The summed E-state index contributed by atoms with van der Waals surface area (Å²) in [5, 5.41) is 9.50. The molecule has 0 radical (unpaired) electrons. The number of halogens is 2. The lowest BCUT2D eigenvalue weighted by atomic mass is 10.2. The van der Waals surface area contributed by atoms with E-state index in [9.17, 15) is 18.0 Å². The number of hydrogen-bond acceptors (Lipinski definition) is 5. The summed E-state index contributed by atoms with van der Waals surface area (Å²) in [6.45, 7) is 0. The topological polar surface area (TPSA) is 104 Å². The molecule has 2 aliphatic heterocycles. The van der Waals surface area contributed by atoms with Crippen molar-refractivity contribution in [2.45, 2.75) is 24.1 Å². The molecule has 0 spiro atoms. The fraction of sp³-hybridized carbons (Fsp3) is 0.400. The van der Waals surface area contributed by atoms with Gasteiger partial charge in [-0.25, -0.2) is 8.42 Å². The zero-order chi connectivity index (χ0) is 19.1. The molecule has 26 heavy (non-hydrogen) atoms. The third-order valence-electron chi connectivity index (χ3n) is 4.01. The number of amides is 1. The molecule has 11 heteroatoms. The highest BCUT2D eigenvalue weighted by Crippen LogP contribution is 2.43. The van der Waals surface area contributed by atoms with Crippen molar-refractivity contribution in [2.75, 3.05) is 16.4 Å². The number of carboxylic acid groups (broad SMARTS) is 1. The van der Waals surface area contributed by atoms with E-state index in [1.54, 1.807) is 23.1 Å². The van der Waals surface area contributed by atoms with Crippen LogP contribution in [0.25, 0.3) is 0 Å². The van der Waals surface area contributed by atoms with Gasteiger partial charge in [0.2, 0.25) is 5.91 Å². The second-order valence-electron chi connectivity index (χ2n) is 5.95. The zero-order valence-corrected chi connectivity index (χ0v) is 16.4. The van der Waals surface area contributed by atoms with E-state index in [0.29, 0.717) is 20.9 Å². The van der Waals surface area contributed by atoms with Crippen molar-refractivity contribution in [1.29, 1.82) is 0 Å². The van der Waals surface area contributed by atoms with Crippen LogP contribution >= 0.6 is 35.0 Å². The summed E-state index contributed by atoms with van der Waals surface area (Å²) in [5.41, 5.74) is 0.473. The number of carbonyl (C=O) groups excluding carboxylic acids is 1. The normalized spacial score (nSPS) is 25.5. The van der Waals surface area contributed by atoms with Crippen molar-refractivity contribution >= 4 is 67.5 Å². The molecule has 1 aromatic rings. The van der Waals surface area contributed by atoms with E-state index in [1.165, 1.54) is 11.8 Å². The van der Waals surface area contributed by atoms with Crippen molar-refractivity contribution in [3.8, 4) is 0 Å². The van der Waals surface area contributed by atoms with E-state index < -0.39 is 27.8 Å². The SMILES string of the molecule is O=C(O)CCC(=O)N=C1S[C@@H]2CS(=O)(=O)C[C@@H]2N1c1cc(Cl)ccc1Cl. The van der Waals surface area contributed by atoms with Gasteiger partial charge in [-0.2, -0.15) is 4.99 Å². The minimum Gasteiger partial charge on any atom is -0.481 e. The van der Waals surface area contributed by atoms with Gasteiger partial charge >= 0.3 is 5.97 Å². The summed E-state index contributed by atoms with van der Waals surface area (Å²) in [4.78, 5) is 28.3. The molecule has 7 nitrogen and oxygen atoms in total. The van der Waals surface area contributed by atoms with Crippen LogP contribution in [-0.4, -0.2) is 53.4 Å². The predicted octanol–water partition coefficient (Wildman–Crippen LogP) is 2.46. The van der Waals surface area contributed by atoms with Crippen LogP contribution in [0.15, 0.2) is 23.2 Å². The van der Waals surface area contributed by atoms with Crippen LogP contribution in [0.3, 0.4) is 0 Å². The average Bonchev–Trinajstić information content (AvgIpc) is 2.99. The molecule has 2 saturated heterocycles. The number of sulfone groups is 1. The second kappa shape index (κ2) is 7.38. The standard InChI is InChI=1S/C15H14Cl2N2O5S2/c16-8-1-2-9(17)10(5-8)19-11-6-26(23,24)7-12(11)25-15(19)18-13(20)3-4-14(21)22/h1-2,5,11-12H,3-4,6-7H2,(H,21,22)/t11-,12+/m0/s1. The van der Waals surface area contributed by atoms with Gasteiger partial charge in [-0.1, -0.05) is 35.0 Å². The number of rotatable bonds is 4. The largest absolute Gasteiger partial charge is 0.481 e. The van der Waals surface area contributed by atoms with Crippen molar-refractivity contribution in [3.63, 3.8) is 0 Å². The molecule has 0 bridgehead atoms. The number of thioether (sulfide) groups is 1. The first-order chi connectivity index (χ1) is 12.2. The molecule has 2 fully saturated rings. The number of anilines is 1. The summed E-state index contributed by atoms with van der Waals surface area (Å²) in [6.07, 6.45) is -0.552. The van der Waals surface area contributed by atoms with Gasteiger partial charge in [-0.15, -0.1) is 0 Å². The Morgan fingerprint density at radius 1 is 1.27 bits per heavy atom. The summed E-state index contributed by atoms with van der Waals surface area (Å²) < 4.78 is 24.0. The molecule has 3 rings (SSSR count). The van der Waals surface area contributed by atoms with Crippen molar-refractivity contribution < 1.29 is 23.1 Å². The van der Waals surface area contributed by atoms with E-state index in [4.69, 9.17) is 28.3 Å². The summed E-state index contributed by atoms with van der Waals surface area (Å²) in [7, 11) is -3.20. The number of hydrogen-bond donors (Lipinski definition) is 1. The number of aliphatic imine (C=N–C) groups is 1. The van der Waals surface area contributed by atoms with Gasteiger partial charge in [-0.3, -0.25) is 9.59 Å². The third-order valence-corrected chi connectivity index (χ3v) is 7.77. The molecule has 0 aliphatic carbocycles. The average molecular weight is 437 g/mol. The van der Waals surface area contributed by atoms with E-state index >= 15 is 0 Å². The predicted molar refractivity (Wildman–Crippen MR) is 102 cm³/mol. The fourth-order valence-electron chi connectivity index (χ4n) is 2.89. The zero-order valence-electron chi connectivity index (χ0n) is 13.3.